The Labute approximate surface area is 153 Å². The van der Waals surface area contributed by atoms with Gasteiger partial charge in [-0.3, -0.25) is 0 Å². The maximum Gasteiger partial charge on any atom is 0.192 e. The lowest BCUT2D eigenvalue weighted by atomic mass is 9.89. The summed E-state index contributed by atoms with van der Waals surface area (Å²) < 4.78 is 6.14. The predicted octanol–water partition coefficient (Wildman–Crippen LogP) is 4.25. The Kier molecular flexibility index (Phi) is 6.21. The monoisotopic (exact) mass is 346 g/mol. The molecule has 3 aromatic rings. The van der Waals surface area contributed by atoms with Gasteiger partial charge in [0.1, 0.15) is 0 Å². The van der Waals surface area contributed by atoms with Gasteiger partial charge in [-0.05, 0) is 36.6 Å². The van der Waals surface area contributed by atoms with Gasteiger partial charge < -0.3 is 4.43 Å². The maximum absolute atomic E-state index is 6.14. The molecule has 0 aliphatic carbocycles. The first kappa shape index (κ1) is 17.7. The van der Waals surface area contributed by atoms with Crippen molar-refractivity contribution in [1.82, 2.24) is 0 Å². The zero-order valence-electron chi connectivity index (χ0n) is 15.1. The summed E-state index contributed by atoms with van der Waals surface area (Å²) in [6.07, 6.45) is 1.02. The zero-order valence-corrected chi connectivity index (χ0v) is 16.5. The first-order valence-corrected chi connectivity index (χ1v) is 10.3. The average molecular weight is 347 g/mol. The van der Waals surface area contributed by atoms with E-state index in [1.165, 1.54) is 27.4 Å². The quantitative estimate of drug-likeness (QED) is 0.459. The lowest BCUT2D eigenvalue weighted by Crippen LogP contribution is -2.19. The van der Waals surface area contributed by atoms with Gasteiger partial charge in [0.05, 0.1) is 0 Å². The zero-order chi connectivity index (χ0) is 17.5. The maximum atomic E-state index is 6.14. The van der Waals surface area contributed by atoms with Gasteiger partial charge in [-0.2, -0.15) is 0 Å². The molecule has 25 heavy (non-hydrogen) atoms. The van der Waals surface area contributed by atoms with Gasteiger partial charge in [0.15, 0.2) is 9.76 Å². The van der Waals surface area contributed by atoms with E-state index in [0.29, 0.717) is 5.92 Å². The molecule has 3 rings (SSSR count). The van der Waals surface area contributed by atoms with E-state index < -0.39 is 9.76 Å². The molecule has 1 nitrogen and oxygen atoms in total. The third-order valence-corrected chi connectivity index (χ3v) is 5.74. The van der Waals surface area contributed by atoms with Crippen LogP contribution >= 0.6 is 0 Å². The molecule has 0 fully saturated rings. The Hall–Kier alpha value is -2.16. The Morgan fingerprint density at radius 3 is 1.80 bits per heavy atom. The standard InChI is InChI=1S/C23H26OSi/c1-18-15-19(2)17-22(16-18)25-24-14-13-23(20-9-5-3-6-10-20)21-11-7-4-8-12-21/h3-12,15-17,23H,13-14,25H2,1-2H3. The van der Waals surface area contributed by atoms with Crippen LogP contribution in [0.5, 0.6) is 0 Å². The van der Waals surface area contributed by atoms with E-state index in [9.17, 15) is 0 Å². The van der Waals surface area contributed by atoms with Crippen molar-refractivity contribution in [1.29, 1.82) is 0 Å². The molecule has 0 aliphatic rings. The van der Waals surface area contributed by atoms with Crippen molar-refractivity contribution in [3.63, 3.8) is 0 Å². The largest absolute Gasteiger partial charge is 0.419 e. The molecule has 0 amide bonds. The van der Waals surface area contributed by atoms with Crippen molar-refractivity contribution in [2.45, 2.75) is 26.2 Å². The second-order valence-electron chi connectivity index (χ2n) is 6.71. The van der Waals surface area contributed by atoms with Gasteiger partial charge in [-0.25, -0.2) is 0 Å². The Morgan fingerprint density at radius 2 is 1.28 bits per heavy atom. The van der Waals surface area contributed by atoms with E-state index in [-0.39, 0.29) is 0 Å². The molecule has 3 aromatic carbocycles. The minimum absolute atomic E-state index is 0.399. The molecule has 0 aromatic heterocycles. The van der Waals surface area contributed by atoms with E-state index in [1.54, 1.807) is 0 Å². The SMILES string of the molecule is Cc1cc(C)cc([SiH2]OCCC(c2ccccc2)c2ccccc2)c1. The highest BCUT2D eigenvalue weighted by molar-refractivity contribution is 6.46. The molecule has 2 heteroatoms. The van der Waals surface area contributed by atoms with Crippen molar-refractivity contribution in [2.75, 3.05) is 6.61 Å². The highest BCUT2D eigenvalue weighted by Crippen LogP contribution is 2.27. The summed E-state index contributed by atoms with van der Waals surface area (Å²) in [5.74, 6) is 0.399. The molecule has 0 spiro atoms. The van der Waals surface area contributed by atoms with E-state index in [0.717, 1.165) is 13.0 Å². The predicted molar refractivity (Wildman–Crippen MR) is 109 cm³/mol. The minimum Gasteiger partial charge on any atom is -0.419 e. The molecule has 0 radical (unpaired) electrons. The summed E-state index contributed by atoms with van der Waals surface area (Å²) in [6.45, 7) is 5.13. The van der Waals surface area contributed by atoms with Crippen LogP contribution in [0.3, 0.4) is 0 Å². The van der Waals surface area contributed by atoms with Crippen molar-refractivity contribution in [3.05, 3.63) is 101 Å². The Balaban J connectivity index is 1.63. The Bertz CT molecular complexity index is 724. The average Bonchev–Trinajstić information content (AvgIpc) is 2.62. The van der Waals surface area contributed by atoms with Gasteiger partial charge in [0.25, 0.3) is 0 Å². The lowest BCUT2D eigenvalue weighted by molar-refractivity contribution is 0.325. The number of aryl methyl sites for hydroxylation is 2. The van der Waals surface area contributed by atoms with Crippen molar-refractivity contribution in [2.24, 2.45) is 0 Å². The van der Waals surface area contributed by atoms with Gasteiger partial charge in [0.2, 0.25) is 0 Å². The van der Waals surface area contributed by atoms with Crippen LogP contribution in [-0.4, -0.2) is 16.4 Å². The third-order valence-electron chi connectivity index (χ3n) is 4.50. The second kappa shape index (κ2) is 8.79. The smallest absolute Gasteiger partial charge is 0.192 e. The third kappa shape index (κ3) is 5.15. The lowest BCUT2D eigenvalue weighted by Gasteiger charge is -2.18. The van der Waals surface area contributed by atoms with Crippen molar-refractivity contribution in [3.8, 4) is 0 Å². The van der Waals surface area contributed by atoms with Crippen LogP contribution in [0.1, 0.15) is 34.6 Å². The van der Waals surface area contributed by atoms with E-state index in [1.807, 2.05) is 0 Å². The van der Waals surface area contributed by atoms with Gasteiger partial charge in [-0.1, -0.05) is 90.0 Å². The summed E-state index contributed by atoms with van der Waals surface area (Å²) >= 11 is 0. The van der Waals surface area contributed by atoms with Crippen LogP contribution in [0.25, 0.3) is 0 Å². The van der Waals surface area contributed by atoms with Crippen LogP contribution in [0.15, 0.2) is 78.9 Å². The minimum atomic E-state index is -0.657. The molecule has 0 unspecified atom stereocenters. The molecule has 128 valence electrons. The van der Waals surface area contributed by atoms with Crippen LogP contribution in [0.4, 0.5) is 0 Å². The fourth-order valence-electron chi connectivity index (χ4n) is 3.44. The first-order valence-electron chi connectivity index (χ1n) is 8.97. The topological polar surface area (TPSA) is 9.23 Å². The van der Waals surface area contributed by atoms with Gasteiger partial charge in [-0.15, -0.1) is 0 Å². The Morgan fingerprint density at radius 1 is 0.760 bits per heavy atom. The normalized spacial score (nSPS) is 11.5. The molecule has 0 bridgehead atoms. The number of hydrogen-bond donors (Lipinski definition) is 0. The van der Waals surface area contributed by atoms with Crippen molar-refractivity contribution >= 4 is 14.9 Å². The molecule has 0 aliphatic heterocycles. The molecular formula is C23H26OSi. The van der Waals surface area contributed by atoms with E-state index >= 15 is 0 Å². The number of rotatable bonds is 7. The van der Waals surface area contributed by atoms with Gasteiger partial charge in [0, 0.05) is 12.5 Å². The summed E-state index contributed by atoms with van der Waals surface area (Å²) in [4.78, 5) is 0. The summed E-state index contributed by atoms with van der Waals surface area (Å²) in [5.41, 5.74) is 5.39. The van der Waals surface area contributed by atoms with Crippen LogP contribution < -0.4 is 5.19 Å². The number of benzene rings is 3. The molecule has 0 heterocycles. The molecular weight excluding hydrogens is 320 g/mol. The fourth-order valence-corrected chi connectivity index (χ4v) is 4.80. The van der Waals surface area contributed by atoms with E-state index in [4.69, 9.17) is 4.43 Å². The molecule has 0 saturated heterocycles. The first-order chi connectivity index (χ1) is 12.2. The highest BCUT2D eigenvalue weighted by atomic mass is 28.2. The second-order valence-corrected chi connectivity index (χ2v) is 8.22. The summed E-state index contributed by atoms with van der Waals surface area (Å²) in [7, 11) is -0.657. The molecule has 0 atom stereocenters. The van der Waals surface area contributed by atoms with E-state index in [2.05, 4.69) is 92.7 Å². The summed E-state index contributed by atoms with van der Waals surface area (Å²) in [5, 5.41) is 1.40. The number of hydrogen-bond acceptors (Lipinski definition) is 1. The van der Waals surface area contributed by atoms with Crippen LogP contribution in [0, 0.1) is 13.8 Å². The van der Waals surface area contributed by atoms with Crippen molar-refractivity contribution < 1.29 is 4.43 Å². The van der Waals surface area contributed by atoms with Crippen LogP contribution in [0.2, 0.25) is 0 Å². The molecule has 0 saturated carbocycles. The van der Waals surface area contributed by atoms with Gasteiger partial charge >= 0.3 is 0 Å². The fraction of sp³-hybridized carbons (Fsp3) is 0.217. The van der Waals surface area contributed by atoms with Crippen LogP contribution in [-0.2, 0) is 4.43 Å². The highest BCUT2D eigenvalue weighted by Gasteiger charge is 2.13. The summed E-state index contributed by atoms with van der Waals surface area (Å²) in [6, 6.07) is 28.3. The molecule has 0 N–H and O–H groups in total.